The number of aliphatic imine (C=N–C) groups is 1. The van der Waals surface area contributed by atoms with Gasteiger partial charge in [0.2, 0.25) is 0 Å². The minimum absolute atomic E-state index is 0.283. The monoisotopic (exact) mass is 401 g/mol. The minimum Gasteiger partial charge on any atom is -0.465 e. The van der Waals surface area contributed by atoms with Crippen molar-refractivity contribution < 1.29 is 14.6 Å². The lowest BCUT2D eigenvalue weighted by molar-refractivity contribution is -0.0255. The molecule has 6 heteroatoms. The van der Waals surface area contributed by atoms with Gasteiger partial charge >= 0.3 is 6.09 Å². The van der Waals surface area contributed by atoms with E-state index in [0.29, 0.717) is 13.2 Å². The molecule has 1 fully saturated rings. The maximum Gasteiger partial charge on any atom is 0.407 e. The first kappa shape index (κ1) is 19.8. The fourth-order valence-corrected chi connectivity index (χ4v) is 3.57. The number of amides is 1. The Morgan fingerprint density at radius 2 is 1.73 bits per heavy atom. The van der Waals surface area contributed by atoms with Crippen LogP contribution in [0.3, 0.4) is 0 Å². The number of hydrogen-bond acceptors (Lipinski definition) is 4. The second-order valence-electron chi connectivity index (χ2n) is 7.18. The van der Waals surface area contributed by atoms with Crippen molar-refractivity contribution in [3.8, 4) is 0 Å². The zero-order valence-electron chi connectivity index (χ0n) is 16.7. The van der Waals surface area contributed by atoms with Gasteiger partial charge in [0.1, 0.15) is 6.10 Å². The summed E-state index contributed by atoms with van der Waals surface area (Å²) >= 11 is 0. The van der Waals surface area contributed by atoms with Crippen LogP contribution in [0.5, 0.6) is 0 Å². The van der Waals surface area contributed by atoms with Crippen molar-refractivity contribution in [3.63, 3.8) is 0 Å². The highest BCUT2D eigenvalue weighted by Gasteiger charge is 2.27. The Labute approximate surface area is 175 Å². The van der Waals surface area contributed by atoms with Crippen molar-refractivity contribution >= 4 is 17.5 Å². The molecule has 0 radical (unpaired) electrons. The van der Waals surface area contributed by atoms with Crippen LogP contribution >= 0.6 is 0 Å². The zero-order chi connectivity index (χ0) is 20.9. The van der Waals surface area contributed by atoms with E-state index >= 15 is 0 Å². The molecule has 6 nitrogen and oxygen atoms in total. The van der Waals surface area contributed by atoms with Crippen molar-refractivity contribution in [3.05, 3.63) is 95.3 Å². The molecule has 2 heterocycles. The van der Waals surface area contributed by atoms with Crippen LogP contribution in [0, 0.1) is 6.92 Å². The van der Waals surface area contributed by atoms with E-state index in [4.69, 9.17) is 9.73 Å². The Morgan fingerprint density at radius 3 is 2.30 bits per heavy atom. The van der Waals surface area contributed by atoms with E-state index in [9.17, 15) is 9.90 Å². The zero-order valence-corrected chi connectivity index (χ0v) is 16.7. The average Bonchev–Trinajstić information content (AvgIpc) is 2.79. The third-order valence-corrected chi connectivity index (χ3v) is 5.08. The second kappa shape index (κ2) is 8.88. The normalized spacial score (nSPS) is 16.2. The molecule has 1 atom stereocenters. The van der Waals surface area contributed by atoms with Gasteiger partial charge in [-0.3, -0.25) is 4.98 Å². The van der Waals surface area contributed by atoms with Gasteiger partial charge in [-0.25, -0.2) is 9.79 Å². The number of hydrogen-bond donors (Lipinski definition) is 1. The van der Waals surface area contributed by atoms with E-state index in [1.165, 1.54) is 4.90 Å². The minimum atomic E-state index is -0.933. The summed E-state index contributed by atoms with van der Waals surface area (Å²) < 4.78 is 5.78. The summed E-state index contributed by atoms with van der Waals surface area (Å²) in [5, 5.41) is 9.26. The van der Waals surface area contributed by atoms with Gasteiger partial charge < -0.3 is 14.7 Å². The van der Waals surface area contributed by atoms with Gasteiger partial charge in [0.25, 0.3) is 0 Å². The van der Waals surface area contributed by atoms with Crippen LogP contribution in [0.1, 0.15) is 28.5 Å². The van der Waals surface area contributed by atoms with E-state index < -0.39 is 6.09 Å². The lowest BCUT2D eigenvalue weighted by atomic mass is 10.0. The number of ether oxygens (including phenoxy) is 1. The molecular weight excluding hydrogens is 378 g/mol. The predicted octanol–water partition coefficient (Wildman–Crippen LogP) is 4.61. The summed E-state index contributed by atoms with van der Waals surface area (Å²) in [4.78, 5) is 22.1. The molecule has 1 saturated heterocycles. The fourth-order valence-electron chi connectivity index (χ4n) is 3.57. The molecule has 1 unspecified atom stereocenters. The number of nitrogens with zero attached hydrogens (tertiary/aromatic N) is 3. The first-order valence-corrected chi connectivity index (χ1v) is 9.87. The Balaban J connectivity index is 1.67. The largest absolute Gasteiger partial charge is 0.465 e. The maximum absolute atomic E-state index is 11.3. The summed E-state index contributed by atoms with van der Waals surface area (Å²) in [5.74, 6) is 0. The highest BCUT2D eigenvalue weighted by molar-refractivity contribution is 6.13. The summed E-state index contributed by atoms with van der Waals surface area (Å²) in [6, 6.07) is 22.1. The number of carboxylic acid groups (broad SMARTS) is 1. The maximum atomic E-state index is 11.3. The molecule has 0 bridgehead atoms. The van der Waals surface area contributed by atoms with Gasteiger partial charge in [0, 0.05) is 17.7 Å². The number of aromatic nitrogens is 1. The SMILES string of the molecule is Cc1cc(N=C(c2ccccc2)c2ccccc2)cnc1C1CN(C(=O)O)CCO1. The smallest absolute Gasteiger partial charge is 0.407 e. The van der Waals surface area contributed by atoms with Crippen molar-refractivity contribution in [2.45, 2.75) is 13.0 Å². The van der Waals surface area contributed by atoms with Gasteiger partial charge in [0.05, 0.1) is 36.4 Å². The molecule has 1 amide bonds. The van der Waals surface area contributed by atoms with Crippen LogP contribution in [-0.2, 0) is 4.74 Å². The van der Waals surface area contributed by atoms with Crippen LogP contribution in [0.2, 0.25) is 0 Å². The molecule has 0 saturated carbocycles. The van der Waals surface area contributed by atoms with Crippen molar-refractivity contribution in [2.24, 2.45) is 4.99 Å². The summed E-state index contributed by atoms with van der Waals surface area (Å²) in [5.41, 5.74) is 5.34. The van der Waals surface area contributed by atoms with Gasteiger partial charge in [-0.15, -0.1) is 0 Å². The van der Waals surface area contributed by atoms with Crippen molar-refractivity contribution in [1.82, 2.24) is 9.88 Å². The molecule has 0 aliphatic carbocycles. The molecule has 1 aliphatic heterocycles. The third kappa shape index (κ3) is 4.39. The van der Waals surface area contributed by atoms with E-state index in [1.54, 1.807) is 6.20 Å². The lowest BCUT2D eigenvalue weighted by Crippen LogP contribution is -2.41. The Kier molecular flexibility index (Phi) is 5.86. The van der Waals surface area contributed by atoms with Gasteiger partial charge in [0.15, 0.2) is 0 Å². The standard InChI is InChI=1S/C24H23N3O3/c1-17-14-20(15-25-22(17)21-16-27(24(28)29)12-13-30-21)26-23(18-8-4-2-5-9-18)19-10-6-3-7-11-19/h2-11,14-15,21H,12-13,16H2,1H3,(H,28,29). The number of rotatable bonds is 4. The van der Waals surface area contributed by atoms with E-state index in [-0.39, 0.29) is 12.6 Å². The molecule has 0 spiro atoms. The average molecular weight is 401 g/mol. The molecule has 30 heavy (non-hydrogen) atoms. The molecule has 1 aromatic heterocycles. The lowest BCUT2D eigenvalue weighted by Gasteiger charge is -2.31. The summed E-state index contributed by atoms with van der Waals surface area (Å²) in [7, 11) is 0. The van der Waals surface area contributed by atoms with Crippen LogP contribution in [0.15, 0.2) is 77.9 Å². The van der Waals surface area contributed by atoms with Crippen molar-refractivity contribution in [2.75, 3.05) is 19.7 Å². The van der Waals surface area contributed by atoms with E-state index in [0.717, 1.165) is 33.8 Å². The Hall–Kier alpha value is -3.51. The van der Waals surface area contributed by atoms with E-state index in [1.807, 2.05) is 73.7 Å². The number of aryl methyl sites for hydroxylation is 1. The predicted molar refractivity (Wildman–Crippen MR) is 115 cm³/mol. The first-order chi connectivity index (χ1) is 14.6. The number of morpholine rings is 1. The van der Waals surface area contributed by atoms with Crippen LogP contribution in [-0.4, -0.2) is 46.5 Å². The molecule has 1 aliphatic rings. The van der Waals surface area contributed by atoms with Crippen LogP contribution < -0.4 is 0 Å². The topological polar surface area (TPSA) is 75.0 Å². The second-order valence-corrected chi connectivity index (χ2v) is 7.18. The molecule has 1 N–H and O–H groups in total. The van der Waals surface area contributed by atoms with Crippen LogP contribution in [0.25, 0.3) is 0 Å². The molecule has 4 rings (SSSR count). The number of pyridine rings is 1. The van der Waals surface area contributed by atoms with Gasteiger partial charge in [-0.2, -0.15) is 0 Å². The Morgan fingerprint density at radius 1 is 1.10 bits per heavy atom. The van der Waals surface area contributed by atoms with Crippen molar-refractivity contribution in [1.29, 1.82) is 0 Å². The highest BCUT2D eigenvalue weighted by Crippen LogP contribution is 2.27. The molecule has 152 valence electrons. The third-order valence-electron chi connectivity index (χ3n) is 5.08. The first-order valence-electron chi connectivity index (χ1n) is 9.87. The summed E-state index contributed by atoms with van der Waals surface area (Å²) in [6.45, 7) is 2.98. The van der Waals surface area contributed by atoms with Crippen LogP contribution in [0.4, 0.5) is 10.5 Å². The molecule has 2 aromatic carbocycles. The van der Waals surface area contributed by atoms with E-state index in [2.05, 4.69) is 4.98 Å². The summed E-state index contributed by atoms with van der Waals surface area (Å²) in [6.07, 6.45) is 0.422. The number of benzene rings is 2. The molecular formula is C24H23N3O3. The van der Waals surface area contributed by atoms with Gasteiger partial charge in [-0.05, 0) is 18.6 Å². The Bertz CT molecular complexity index is 1010. The quantitative estimate of drug-likeness (QED) is 0.648. The fraction of sp³-hybridized carbons (Fsp3) is 0.208. The molecule has 3 aromatic rings. The highest BCUT2D eigenvalue weighted by atomic mass is 16.5. The number of carbonyl (C=O) groups is 1. The van der Waals surface area contributed by atoms with Gasteiger partial charge in [-0.1, -0.05) is 60.7 Å².